The average Bonchev–Trinajstić information content (AvgIpc) is 3.13. The van der Waals surface area contributed by atoms with E-state index in [1.165, 1.54) is 50.1 Å². The second-order valence-electron chi connectivity index (χ2n) is 7.75. The van der Waals surface area contributed by atoms with E-state index in [1.807, 2.05) is 4.90 Å². The summed E-state index contributed by atoms with van der Waals surface area (Å²) in [4.78, 5) is 15.7. The van der Waals surface area contributed by atoms with Gasteiger partial charge in [0.25, 0.3) is 5.91 Å². The normalized spacial score (nSPS) is 34.2. The van der Waals surface area contributed by atoms with Gasteiger partial charge in [0.2, 0.25) is 0 Å². The number of piperidine rings is 2. The van der Waals surface area contributed by atoms with Crippen molar-refractivity contribution in [1.82, 2.24) is 5.32 Å². The lowest BCUT2D eigenvalue weighted by atomic mass is 9.99. The molecule has 0 unspecified atom stereocenters. The van der Waals surface area contributed by atoms with Gasteiger partial charge < -0.3 is 19.9 Å². The highest BCUT2D eigenvalue weighted by molar-refractivity contribution is 5.79. The molecule has 5 nitrogen and oxygen atoms in total. The average molecular weight is 325 g/mol. The highest BCUT2D eigenvalue weighted by Gasteiger charge is 2.34. The molecule has 0 spiro atoms. The first-order valence-electron chi connectivity index (χ1n) is 9.82. The van der Waals surface area contributed by atoms with E-state index in [1.54, 1.807) is 0 Å². The molecule has 3 N–H and O–H groups in total. The van der Waals surface area contributed by atoms with Gasteiger partial charge in [0, 0.05) is 26.0 Å². The standard InChI is InChI=1S/C18H33N3O2/c1-15(18(22)19-14-17-6-5-13-23-17)20-11-7-16(8-12-20)21-9-3-2-4-10-21/h15-17H,2-14H2,1H3,(H,19,22)/p+2/t15-,17-/m1/s1. The number of hydrogen-bond acceptors (Lipinski definition) is 2. The number of carbonyl (C=O) groups is 1. The van der Waals surface area contributed by atoms with Gasteiger partial charge in [-0.1, -0.05) is 0 Å². The summed E-state index contributed by atoms with van der Waals surface area (Å²) in [7, 11) is 0. The van der Waals surface area contributed by atoms with Crippen LogP contribution in [0, 0.1) is 0 Å². The van der Waals surface area contributed by atoms with Gasteiger partial charge >= 0.3 is 0 Å². The Hall–Kier alpha value is -0.650. The third-order valence-corrected chi connectivity index (χ3v) is 6.23. The highest BCUT2D eigenvalue weighted by Crippen LogP contribution is 2.10. The molecule has 3 rings (SSSR count). The maximum Gasteiger partial charge on any atom is 0.278 e. The van der Waals surface area contributed by atoms with E-state index in [2.05, 4.69) is 12.2 Å². The number of quaternary nitrogens is 2. The fourth-order valence-corrected chi connectivity index (χ4v) is 4.60. The lowest BCUT2D eigenvalue weighted by Gasteiger charge is -2.37. The van der Waals surface area contributed by atoms with Crippen molar-refractivity contribution < 1.29 is 19.3 Å². The molecule has 3 fully saturated rings. The predicted octanol–water partition coefficient (Wildman–Crippen LogP) is -1.21. The number of carbonyl (C=O) groups excluding carboxylic acids is 1. The number of amides is 1. The Morgan fingerprint density at radius 3 is 2.48 bits per heavy atom. The fourth-order valence-electron chi connectivity index (χ4n) is 4.60. The van der Waals surface area contributed by atoms with Crippen molar-refractivity contribution in [3.8, 4) is 0 Å². The van der Waals surface area contributed by atoms with Crippen molar-refractivity contribution in [3.63, 3.8) is 0 Å². The maximum atomic E-state index is 12.4. The Balaban J connectivity index is 1.38. The Kier molecular flexibility index (Phi) is 6.31. The summed E-state index contributed by atoms with van der Waals surface area (Å²) >= 11 is 0. The lowest BCUT2D eigenvalue weighted by Crippen LogP contribution is -3.22. The van der Waals surface area contributed by atoms with E-state index >= 15 is 0 Å². The van der Waals surface area contributed by atoms with E-state index < -0.39 is 0 Å². The fraction of sp³-hybridized carbons (Fsp3) is 0.944. The van der Waals surface area contributed by atoms with Gasteiger partial charge in [0.1, 0.15) is 0 Å². The van der Waals surface area contributed by atoms with Crippen LogP contribution in [-0.2, 0) is 9.53 Å². The molecule has 132 valence electrons. The molecule has 0 aromatic rings. The zero-order valence-electron chi connectivity index (χ0n) is 14.7. The molecule has 3 heterocycles. The molecule has 0 saturated carbocycles. The molecule has 0 bridgehead atoms. The minimum Gasteiger partial charge on any atom is -0.376 e. The van der Waals surface area contributed by atoms with Crippen LogP contribution >= 0.6 is 0 Å². The molecule has 0 radical (unpaired) electrons. The molecule has 3 saturated heterocycles. The van der Waals surface area contributed by atoms with Crippen molar-refractivity contribution in [2.45, 2.75) is 70.1 Å². The van der Waals surface area contributed by atoms with Gasteiger partial charge in [-0.2, -0.15) is 0 Å². The first kappa shape index (κ1) is 17.2. The third kappa shape index (κ3) is 4.68. The van der Waals surface area contributed by atoms with Crippen LogP contribution in [0.3, 0.4) is 0 Å². The topological polar surface area (TPSA) is 47.2 Å². The Labute approximate surface area is 140 Å². The molecular formula is C18H35N3O2+2. The molecule has 0 aliphatic carbocycles. The zero-order valence-corrected chi connectivity index (χ0v) is 14.7. The van der Waals surface area contributed by atoms with Gasteiger partial charge in [-0.15, -0.1) is 0 Å². The van der Waals surface area contributed by atoms with Crippen LogP contribution in [0.4, 0.5) is 0 Å². The quantitative estimate of drug-likeness (QED) is 0.594. The van der Waals surface area contributed by atoms with Crippen LogP contribution < -0.4 is 15.1 Å². The maximum absolute atomic E-state index is 12.4. The summed E-state index contributed by atoms with van der Waals surface area (Å²) in [5, 5.41) is 3.11. The van der Waals surface area contributed by atoms with Gasteiger partial charge in [0.05, 0.1) is 38.3 Å². The predicted molar refractivity (Wildman–Crippen MR) is 89.7 cm³/mol. The van der Waals surface area contributed by atoms with Gasteiger partial charge in [-0.25, -0.2) is 0 Å². The van der Waals surface area contributed by atoms with Crippen LogP contribution in [0.25, 0.3) is 0 Å². The number of likely N-dealkylation sites (tertiary alicyclic amines) is 2. The third-order valence-electron chi connectivity index (χ3n) is 6.23. The summed E-state index contributed by atoms with van der Waals surface area (Å²) < 4.78 is 5.59. The van der Waals surface area contributed by atoms with Crippen molar-refractivity contribution >= 4 is 5.91 Å². The van der Waals surface area contributed by atoms with Crippen LogP contribution in [0.15, 0.2) is 0 Å². The van der Waals surface area contributed by atoms with Gasteiger partial charge in [0.15, 0.2) is 6.04 Å². The summed E-state index contributed by atoms with van der Waals surface area (Å²) in [6, 6.07) is 0.926. The zero-order chi connectivity index (χ0) is 16.1. The van der Waals surface area contributed by atoms with E-state index in [4.69, 9.17) is 4.74 Å². The van der Waals surface area contributed by atoms with Gasteiger partial charge in [-0.3, -0.25) is 4.79 Å². The van der Waals surface area contributed by atoms with Crippen molar-refractivity contribution in [2.75, 3.05) is 39.3 Å². The minimum atomic E-state index is 0.0775. The second kappa shape index (κ2) is 8.45. The molecule has 23 heavy (non-hydrogen) atoms. The molecule has 3 aliphatic rings. The number of hydrogen-bond donors (Lipinski definition) is 3. The highest BCUT2D eigenvalue weighted by atomic mass is 16.5. The summed E-state index contributed by atoms with van der Waals surface area (Å²) in [6.45, 7) is 8.69. The summed E-state index contributed by atoms with van der Waals surface area (Å²) in [5.74, 6) is 0.208. The monoisotopic (exact) mass is 325 g/mol. The molecular weight excluding hydrogens is 290 g/mol. The first-order chi connectivity index (χ1) is 11.2. The summed E-state index contributed by atoms with van der Waals surface area (Å²) in [6.07, 6.45) is 9.28. The summed E-state index contributed by atoms with van der Waals surface area (Å²) in [5.41, 5.74) is 0. The number of nitrogens with one attached hydrogen (secondary N) is 3. The van der Waals surface area contributed by atoms with E-state index in [0.717, 1.165) is 38.6 Å². The lowest BCUT2D eigenvalue weighted by molar-refractivity contribution is -0.965. The van der Waals surface area contributed by atoms with Crippen molar-refractivity contribution in [1.29, 1.82) is 0 Å². The molecule has 0 aromatic heterocycles. The smallest absolute Gasteiger partial charge is 0.278 e. The van der Waals surface area contributed by atoms with E-state index in [-0.39, 0.29) is 18.1 Å². The van der Waals surface area contributed by atoms with E-state index in [0.29, 0.717) is 6.54 Å². The molecule has 1 amide bonds. The number of rotatable bonds is 5. The largest absolute Gasteiger partial charge is 0.376 e. The SMILES string of the molecule is C[C@H](C(=O)NC[C@H]1CCCO1)[NH+]1CCC([NH+]2CCCCC2)CC1. The van der Waals surface area contributed by atoms with E-state index in [9.17, 15) is 4.79 Å². The van der Waals surface area contributed by atoms with Crippen LogP contribution in [-0.4, -0.2) is 63.4 Å². The molecule has 0 aromatic carbocycles. The van der Waals surface area contributed by atoms with Crippen LogP contribution in [0.5, 0.6) is 0 Å². The first-order valence-corrected chi connectivity index (χ1v) is 9.82. The van der Waals surface area contributed by atoms with Crippen LogP contribution in [0.1, 0.15) is 51.9 Å². The Morgan fingerprint density at radius 2 is 1.83 bits per heavy atom. The Bertz CT molecular complexity index is 370. The van der Waals surface area contributed by atoms with Crippen LogP contribution in [0.2, 0.25) is 0 Å². The molecule has 2 atom stereocenters. The molecule has 5 heteroatoms. The molecule has 3 aliphatic heterocycles. The minimum absolute atomic E-state index is 0.0775. The van der Waals surface area contributed by atoms with Crippen molar-refractivity contribution in [3.05, 3.63) is 0 Å². The number of ether oxygens (including phenoxy) is 1. The van der Waals surface area contributed by atoms with Crippen molar-refractivity contribution in [2.24, 2.45) is 0 Å². The Morgan fingerprint density at radius 1 is 1.09 bits per heavy atom. The van der Waals surface area contributed by atoms with Gasteiger partial charge in [-0.05, 0) is 39.0 Å². The second-order valence-corrected chi connectivity index (χ2v) is 7.75.